The minimum atomic E-state index is -0.0183. The zero-order valence-electron chi connectivity index (χ0n) is 13.3. The standard InChI is InChI=1S/C19H23N3O/c23-19-21-17-11-4-5-12-18(17)22(19)15-7-14-20-13-6-10-16-8-2-1-3-9-16/h1-5,8-9,11-12,20H,6-7,10,13-15H2,(H,21,23). The van der Waals surface area contributed by atoms with Gasteiger partial charge in [0.05, 0.1) is 11.0 Å². The summed E-state index contributed by atoms with van der Waals surface area (Å²) in [6.45, 7) is 2.69. The average Bonchev–Trinajstić information content (AvgIpc) is 2.90. The molecular weight excluding hydrogens is 286 g/mol. The summed E-state index contributed by atoms with van der Waals surface area (Å²) in [5.74, 6) is 0. The molecule has 2 aromatic carbocycles. The summed E-state index contributed by atoms with van der Waals surface area (Å²) >= 11 is 0. The van der Waals surface area contributed by atoms with Crippen molar-refractivity contribution in [1.29, 1.82) is 0 Å². The molecule has 4 heteroatoms. The zero-order valence-corrected chi connectivity index (χ0v) is 13.3. The number of H-pyrrole nitrogens is 1. The van der Waals surface area contributed by atoms with Gasteiger partial charge in [0, 0.05) is 6.54 Å². The van der Waals surface area contributed by atoms with Gasteiger partial charge in [-0.2, -0.15) is 0 Å². The number of aromatic amines is 1. The van der Waals surface area contributed by atoms with Crippen LogP contribution in [0.3, 0.4) is 0 Å². The van der Waals surface area contributed by atoms with Gasteiger partial charge in [-0.05, 0) is 50.0 Å². The molecule has 0 aliphatic heterocycles. The quantitative estimate of drug-likeness (QED) is 0.629. The normalized spacial score (nSPS) is 11.1. The molecule has 1 aromatic heterocycles. The van der Waals surface area contributed by atoms with Crippen molar-refractivity contribution < 1.29 is 0 Å². The Morgan fingerprint density at radius 2 is 1.65 bits per heavy atom. The highest BCUT2D eigenvalue weighted by Gasteiger charge is 2.04. The predicted molar refractivity (Wildman–Crippen MR) is 94.8 cm³/mol. The first-order valence-electron chi connectivity index (χ1n) is 8.27. The monoisotopic (exact) mass is 309 g/mol. The number of rotatable bonds is 8. The van der Waals surface area contributed by atoms with Crippen molar-refractivity contribution in [3.05, 3.63) is 70.6 Å². The molecule has 120 valence electrons. The van der Waals surface area contributed by atoms with E-state index in [1.807, 2.05) is 28.8 Å². The highest BCUT2D eigenvalue weighted by atomic mass is 16.1. The molecule has 0 bridgehead atoms. The van der Waals surface area contributed by atoms with E-state index < -0.39 is 0 Å². The second-order valence-corrected chi connectivity index (χ2v) is 5.79. The van der Waals surface area contributed by atoms with Crippen LogP contribution in [0.15, 0.2) is 59.4 Å². The third-order valence-corrected chi connectivity index (χ3v) is 4.08. The zero-order chi connectivity index (χ0) is 15.9. The SMILES string of the molecule is O=c1[nH]c2ccccc2n1CCCNCCCc1ccccc1. The van der Waals surface area contributed by atoms with E-state index in [0.717, 1.165) is 49.9 Å². The van der Waals surface area contributed by atoms with E-state index >= 15 is 0 Å². The fourth-order valence-electron chi connectivity index (χ4n) is 2.88. The molecule has 0 amide bonds. The molecule has 1 heterocycles. The van der Waals surface area contributed by atoms with E-state index in [1.54, 1.807) is 0 Å². The molecule has 3 rings (SSSR count). The van der Waals surface area contributed by atoms with Crippen LogP contribution in [-0.2, 0) is 13.0 Å². The molecule has 0 spiro atoms. The van der Waals surface area contributed by atoms with Crippen LogP contribution in [0, 0.1) is 0 Å². The van der Waals surface area contributed by atoms with Crippen LogP contribution < -0.4 is 11.0 Å². The van der Waals surface area contributed by atoms with Gasteiger partial charge in [0.1, 0.15) is 0 Å². The Labute approximate surface area is 136 Å². The summed E-state index contributed by atoms with van der Waals surface area (Å²) in [5.41, 5.74) is 3.27. The van der Waals surface area contributed by atoms with Crippen molar-refractivity contribution in [3.63, 3.8) is 0 Å². The first-order chi connectivity index (χ1) is 11.3. The number of para-hydroxylation sites is 2. The number of imidazole rings is 1. The van der Waals surface area contributed by atoms with Gasteiger partial charge in [-0.3, -0.25) is 4.57 Å². The van der Waals surface area contributed by atoms with Gasteiger partial charge in [-0.1, -0.05) is 42.5 Å². The van der Waals surface area contributed by atoms with E-state index in [9.17, 15) is 4.79 Å². The number of nitrogens with one attached hydrogen (secondary N) is 2. The highest BCUT2D eigenvalue weighted by Crippen LogP contribution is 2.09. The second kappa shape index (κ2) is 7.79. The second-order valence-electron chi connectivity index (χ2n) is 5.79. The van der Waals surface area contributed by atoms with Crippen molar-refractivity contribution in [2.75, 3.05) is 13.1 Å². The minimum Gasteiger partial charge on any atom is -0.317 e. The molecule has 0 aliphatic carbocycles. The molecule has 4 nitrogen and oxygen atoms in total. The van der Waals surface area contributed by atoms with Gasteiger partial charge in [0.2, 0.25) is 0 Å². The number of nitrogens with zero attached hydrogens (tertiary/aromatic N) is 1. The van der Waals surface area contributed by atoms with Crippen LogP contribution in [0.1, 0.15) is 18.4 Å². The molecule has 3 aromatic rings. The summed E-state index contributed by atoms with van der Waals surface area (Å²) in [5, 5.41) is 3.46. The van der Waals surface area contributed by atoms with E-state index in [2.05, 4.69) is 40.6 Å². The fraction of sp³-hybridized carbons (Fsp3) is 0.316. The lowest BCUT2D eigenvalue weighted by atomic mass is 10.1. The predicted octanol–water partition coefficient (Wildman–Crippen LogP) is 2.94. The molecule has 0 saturated carbocycles. The Morgan fingerprint density at radius 1 is 0.913 bits per heavy atom. The van der Waals surface area contributed by atoms with Gasteiger partial charge in [-0.25, -0.2) is 4.79 Å². The van der Waals surface area contributed by atoms with E-state index in [0.29, 0.717) is 0 Å². The van der Waals surface area contributed by atoms with Crippen LogP contribution in [0.25, 0.3) is 11.0 Å². The van der Waals surface area contributed by atoms with Crippen molar-refractivity contribution in [3.8, 4) is 0 Å². The third kappa shape index (κ3) is 4.11. The molecular formula is C19H23N3O. The minimum absolute atomic E-state index is 0.0183. The summed E-state index contributed by atoms with van der Waals surface area (Å²) in [6.07, 6.45) is 3.19. The number of benzene rings is 2. The van der Waals surface area contributed by atoms with Crippen LogP contribution in [0.2, 0.25) is 0 Å². The molecule has 0 aliphatic rings. The molecule has 0 unspecified atom stereocenters. The number of aromatic nitrogens is 2. The lowest BCUT2D eigenvalue weighted by Crippen LogP contribution is -2.22. The first kappa shape index (κ1) is 15.6. The van der Waals surface area contributed by atoms with E-state index in [-0.39, 0.29) is 5.69 Å². The molecule has 0 saturated heterocycles. The van der Waals surface area contributed by atoms with Gasteiger partial charge >= 0.3 is 5.69 Å². The number of fused-ring (bicyclic) bond motifs is 1. The Kier molecular flexibility index (Phi) is 5.27. The fourth-order valence-corrected chi connectivity index (χ4v) is 2.88. The first-order valence-corrected chi connectivity index (χ1v) is 8.27. The topological polar surface area (TPSA) is 49.8 Å². The molecule has 0 atom stereocenters. The van der Waals surface area contributed by atoms with Gasteiger partial charge in [-0.15, -0.1) is 0 Å². The van der Waals surface area contributed by atoms with Gasteiger partial charge < -0.3 is 10.3 Å². The number of hydrogen-bond acceptors (Lipinski definition) is 2. The average molecular weight is 309 g/mol. The Bertz CT molecular complexity index is 789. The molecule has 2 N–H and O–H groups in total. The van der Waals surface area contributed by atoms with Crippen molar-refractivity contribution in [2.45, 2.75) is 25.8 Å². The Morgan fingerprint density at radius 3 is 2.52 bits per heavy atom. The lowest BCUT2D eigenvalue weighted by Gasteiger charge is -2.06. The maximum absolute atomic E-state index is 11.9. The van der Waals surface area contributed by atoms with Crippen molar-refractivity contribution in [2.24, 2.45) is 0 Å². The maximum atomic E-state index is 11.9. The Balaban J connectivity index is 1.38. The van der Waals surface area contributed by atoms with Crippen LogP contribution in [-0.4, -0.2) is 22.6 Å². The number of aryl methyl sites for hydroxylation is 2. The van der Waals surface area contributed by atoms with E-state index in [4.69, 9.17) is 0 Å². The Hall–Kier alpha value is -2.33. The number of hydrogen-bond donors (Lipinski definition) is 2. The lowest BCUT2D eigenvalue weighted by molar-refractivity contribution is 0.570. The molecule has 0 fully saturated rings. The summed E-state index contributed by atoms with van der Waals surface area (Å²) in [6, 6.07) is 18.4. The maximum Gasteiger partial charge on any atom is 0.326 e. The third-order valence-electron chi connectivity index (χ3n) is 4.08. The van der Waals surface area contributed by atoms with Crippen LogP contribution in [0.4, 0.5) is 0 Å². The molecule has 0 radical (unpaired) electrons. The van der Waals surface area contributed by atoms with Gasteiger partial charge in [0.25, 0.3) is 0 Å². The highest BCUT2D eigenvalue weighted by molar-refractivity contribution is 5.74. The van der Waals surface area contributed by atoms with Crippen LogP contribution in [0.5, 0.6) is 0 Å². The van der Waals surface area contributed by atoms with Crippen LogP contribution >= 0.6 is 0 Å². The largest absolute Gasteiger partial charge is 0.326 e. The van der Waals surface area contributed by atoms with Crippen molar-refractivity contribution >= 4 is 11.0 Å². The summed E-state index contributed by atoms with van der Waals surface area (Å²) < 4.78 is 1.82. The van der Waals surface area contributed by atoms with Crippen molar-refractivity contribution in [1.82, 2.24) is 14.9 Å². The summed E-state index contributed by atoms with van der Waals surface area (Å²) in [7, 11) is 0. The smallest absolute Gasteiger partial charge is 0.317 e. The van der Waals surface area contributed by atoms with Gasteiger partial charge in [0.15, 0.2) is 0 Å². The summed E-state index contributed by atoms with van der Waals surface area (Å²) in [4.78, 5) is 14.8. The van der Waals surface area contributed by atoms with E-state index in [1.165, 1.54) is 5.56 Å². The molecule has 23 heavy (non-hydrogen) atoms.